The van der Waals surface area contributed by atoms with Gasteiger partial charge in [-0.25, -0.2) is 0 Å². The maximum atomic E-state index is 5.47. The molecule has 1 aliphatic heterocycles. The molecule has 4 heteroatoms. The van der Waals surface area contributed by atoms with Crippen LogP contribution in [-0.4, -0.2) is 31.9 Å². The first-order valence-corrected chi connectivity index (χ1v) is 4.60. The zero-order chi connectivity index (χ0) is 8.10. The van der Waals surface area contributed by atoms with Crippen molar-refractivity contribution in [2.24, 2.45) is 0 Å². The summed E-state index contributed by atoms with van der Waals surface area (Å²) < 4.78 is 15.4. The Balaban J connectivity index is 1.98. The minimum atomic E-state index is 0.157. The van der Waals surface area contributed by atoms with Crippen LogP contribution in [0, 0.1) is 0 Å². The minimum absolute atomic E-state index is 0.157. The van der Waals surface area contributed by atoms with Gasteiger partial charge in [-0.1, -0.05) is 6.92 Å². The van der Waals surface area contributed by atoms with Gasteiger partial charge in [-0.2, -0.15) is 0 Å². The van der Waals surface area contributed by atoms with Crippen molar-refractivity contribution in [2.45, 2.75) is 24.9 Å². The first-order chi connectivity index (χ1) is 5.36. The molecule has 0 aromatic heterocycles. The van der Waals surface area contributed by atoms with Crippen LogP contribution in [0.25, 0.3) is 0 Å². The third-order valence-electron chi connectivity index (χ3n) is 1.41. The molecule has 66 valence electrons. The average molecular weight is 178 g/mol. The number of hydrogen-bond donors (Lipinski definition) is 0. The van der Waals surface area contributed by atoms with Gasteiger partial charge in [0.2, 0.25) is 0 Å². The van der Waals surface area contributed by atoms with E-state index < -0.39 is 0 Å². The van der Waals surface area contributed by atoms with Crippen molar-refractivity contribution >= 4 is 12.0 Å². The van der Waals surface area contributed by atoms with Crippen LogP contribution in [0.4, 0.5) is 0 Å². The lowest BCUT2D eigenvalue weighted by molar-refractivity contribution is 0.0907. The molecule has 2 atom stereocenters. The van der Waals surface area contributed by atoms with Crippen molar-refractivity contribution in [3.05, 3.63) is 0 Å². The molecule has 0 aromatic carbocycles. The van der Waals surface area contributed by atoms with Crippen LogP contribution < -0.4 is 0 Å². The van der Waals surface area contributed by atoms with E-state index >= 15 is 0 Å². The molecule has 0 spiro atoms. The summed E-state index contributed by atoms with van der Waals surface area (Å²) in [6.45, 7) is 3.63. The summed E-state index contributed by atoms with van der Waals surface area (Å²) in [5.74, 6) is 0. The van der Waals surface area contributed by atoms with Crippen molar-refractivity contribution in [1.29, 1.82) is 0 Å². The third-order valence-corrected chi connectivity index (χ3v) is 2.28. The van der Waals surface area contributed by atoms with Crippen LogP contribution in [-0.2, 0) is 13.7 Å². The summed E-state index contributed by atoms with van der Waals surface area (Å²) in [6.07, 6.45) is 1.31. The number of epoxide rings is 1. The molecular formula is C7H14O3S. The van der Waals surface area contributed by atoms with Gasteiger partial charge in [0.1, 0.15) is 11.5 Å². The lowest BCUT2D eigenvalue weighted by atomic mass is 10.5. The second-order valence-electron chi connectivity index (χ2n) is 2.39. The molecule has 0 bridgehead atoms. The Bertz CT molecular complexity index is 106. The molecule has 1 rings (SSSR count). The summed E-state index contributed by atoms with van der Waals surface area (Å²) in [6, 6.07) is 0. The van der Waals surface area contributed by atoms with Crippen molar-refractivity contribution in [3.8, 4) is 0 Å². The summed E-state index contributed by atoms with van der Waals surface area (Å²) in [5, 5.41) is 0. The second kappa shape index (κ2) is 4.98. The summed E-state index contributed by atoms with van der Waals surface area (Å²) in [7, 11) is 1.66. The fourth-order valence-electron chi connectivity index (χ4n) is 0.700. The molecule has 0 aliphatic carbocycles. The predicted molar refractivity (Wildman–Crippen MR) is 44.4 cm³/mol. The molecule has 11 heavy (non-hydrogen) atoms. The van der Waals surface area contributed by atoms with E-state index in [9.17, 15) is 0 Å². The predicted octanol–water partition coefficient (Wildman–Crippen LogP) is 1.43. The van der Waals surface area contributed by atoms with Crippen LogP contribution in [0.3, 0.4) is 0 Å². The van der Waals surface area contributed by atoms with Crippen LogP contribution in [0.15, 0.2) is 0 Å². The molecule has 1 heterocycles. The van der Waals surface area contributed by atoms with Crippen molar-refractivity contribution in [3.63, 3.8) is 0 Å². The molecule has 0 saturated carbocycles. The van der Waals surface area contributed by atoms with E-state index in [1.165, 1.54) is 12.0 Å². The number of ether oxygens (including phenoxy) is 2. The van der Waals surface area contributed by atoms with Gasteiger partial charge in [-0.15, -0.1) is 0 Å². The molecule has 1 fully saturated rings. The topological polar surface area (TPSA) is 31.0 Å². The smallest absolute Gasteiger partial charge is 0.128 e. The molecule has 1 saturated heterocycles. The quantitative estimate of drug-likeness (QED) is 0.350. The van der Waals surface area contributed by atoms with E-state index in [2.05, 4.69) is 6.92 Å². The van der Waals surface area contributed by atoms with Gasteiger partial charge in [-0.3, -0.25) is 0 Å². The Kier molecular flexibility index (Phi) is 4.22. The molecule has 1 aliphatic rings. The molecule has 0 radical (unpaired) electrons. The Morgan fingerprint density at radius 1 is 1.73 bits per heavy atom. The van der Waals surface area contributed by atoms with Crippen molar-refractivity contribution in [2.75, 3.05) is 20.3 Å². The Morgan fingerprint density at radius 3 is 2.91 bits per heavy atom. The first-order valence-electron chi connectivity index (χ1n) is 3.79. The van der Waals surface area contributed by atoms with Crippen LogP contribution >= 0.6 is 12.0 Å². The molecule has 3 nitrogen and oxygen atoms in total. The zero-order valence-electron chi connectivity index (χ0n) is 6.91. The second-order valence-corrected chi connectivity index (χ2v) is 3.44. The van der Waals surface area contributed by atoms with E-state index in [1.54, 1.807) is 7.11 Å². The highest BCUT2D eigenvalue weighted by Gasteiger charge is 2.24. The van der Waals surface area contributed by atoms with Gasteiger partial charge >= 0.3 is 0 Å². The van der Waals surface area contributed by atoms with Gasteiger partial charge in [0.25, 0.3) is 0 Å². The number of rotatable bonds is 6. The van der Waals surface area contributed by atoms with Gasteiger partial charge in [0.05, 0.1) is 20.3 Å². The average Bonchev–Trinajstić information content (AvgIpc) is 2.81. The molecule has 2 unspecified atom stereocenters. The van der Waals surface area contributed by atoms with Crippen molar-refractivity contribution in [1.82, 2.24) is 0 Å². The summed E-state index contributed by atoms with van der Waals surface area (Å²) in [4.78, 5) is 0. The molecule has 0 amide bonds. The first kappa shape index (κ1) is 9.32. The standard InChI is InChI=1S/C7H14O3S/c1-3-7(11-8-2)10-5-6-4-9-6/h6-7H,3-5H2,1-2H3. The molecule has 0 N–H and O–H groups in total. The van der Waals surface area contributed by atoms with Crippen molar-refractivity contribution < 1.29 is 13.7 Å². The van der Waals surface area contributed by atoms with Gasteiger partial charge < -0.3 is 13.7 Å². The Labute approximate surface area is 71.6 Å². The Morgan fingerprint density at radius 2 is 2.45 bits per heavy atom. The third kappa shape index (κ3) is 3.96. The summed E-state index contributed by atoms with van der Waals surface area (Å²) >= 11 is 1.37. The van der Waals surface area contributed by atoms with Gasteiger partial charge in [0, 0.05) is 12.0 Å². The van der Waals surface area contributed by atoms with E-state index in [4.69, 9.17) is 13.7 Å². The van der Waals surface area contributed by atoms with Crippen LogP contribution in [0.1, 0.15) is 13.3 Å². The van der Waals surface area contributed by atoms with Crippen LogP contribution in [0.2, 0.25) is 0 Å². The van der Waals surface area contributed by atoms with Gasteiger partial charge in [-0.05, 0) is 6.42 Å². The summed E-state index contributed by atoms with van der Waals surface area (Å²) in [5.41, 5.74) is 0.157. The normalized spacial score (nSPS) is 25.1. The lowest BCUT2D eigenvalue weighted by Crippen LogP contribution is -2.11. The number of hydrogen-bond acceptors (Lipinski definition) is 4. The minimum Gasteiger partial charge on any atom is -0.371 e. The van der Waals surface area contributed by atoms with Gasteiger partial charge in [0.15, 0.2) is 0 Å². The monoisotopic (exact) mass is 178 g/mol. The highest BCUT2D eigenvalue weighted by atomic mass is 32.2. The highest BCUT2D eigenvalue weighted by Crippen LogP contribution is 2.18. The van der Waals surface area contributed by atoms with E-state index in [-0.39, 0.29) is 5.44 Å². The molecular weight excluding hydrogens is 164 g/mol. The highest BCUT2D eigenvalue weighted by molar-refractivity contribution is 7.95. The molecule has 0 aromatic rings. The largest absolute Gasteiger partial charge is 0.371 e. The maximum Gasteiger partial charge on any atom is 0.128 e. The lowest BCUT2D eigenvalue weighted by Gasteiger charge is -2.11. The Hall–Kier alpha value is 0.230. The van der Waals surface area contributed by atoms with E-state index in [0.29, 0.717) is 12.7 Å². The maximum absolute atomic E-state index is 5.47. The fourth-order valence-corrected chi connectivity index (χ4v) is 1.18. The van der Waals surface area contributed by atoms with E-state index in [0.717, 1.165) is 13.0 Å². The van der Waals surface area contributed by atoms with E-state index in [1.807, 2.05) is 0 Å². The fraction of sp³-hybridized carbons (Fsp3) is 1.00. The zero-order valence-corrected chi connectivity index (χ0v) is 7.73. The SMILES string of the molecule is CCC(OCC1CO1)SOC. The van der Waals surface area contributed by atoms with Crippen LogP contribution in [0.5, 0.6) is 0 Å².